The van der Waals surface area contributed by atoms with Crippen LogP contribution in [0.4, 0.5) is 23.9 Å². The Morgan fingerprint density at radius 3 is 2.39 bits per heavy atom. The van der Waals surface area contributed by atoms with E-state index in [1.165, 1.54) is 30.4 Å². The maximum absolute atomic E-state index is 12.9. The zero-order valence-corrected chi connectivity index (χ0v) is 17.8. The van der Waals surface area contributed by atoms with Gasteiger partial charge in [0.25, 0.3) is 11.8 Å². The third-order valence-electron chi connectivity index (χ3n) is 4.16. The van der Waals surface area contributed by atoms with E-state index < -0.39 is 29.5 Å². The number of benzene rings is 1. The predicted molar refractivity (Wildman–Crippen MR) is 112 cm³/mol. The van der Waals surface area contributed by atoms with Crippen LogP contribution in [0.5, 0.6) is 0 Å². The first-order valence-electron chi connectivity index (χ1n) is 8.67. The van der Waals surface area contributed by atoms with Crippen LogP contribution in [0.1, 0.15) is 40.8 Å². The lowest BCUT2D eigenvalue weighted by Gasteiger charge is -2.09. The summed E-state index contributed by atoms with van der Waals surface area (Å²) in [5.74, 6) is -1.94. The minimum atomic E-state index is -4.56. The van der Waals surface area contributed by atoms with Gasteiger partial charge in [0, 0.05) is 5.69 Å². The number of anilines is 2. The number of thiophene rings is 2. The molecule has 11 heteroatoms. The van der Waals surface area contributed by atoms with Crippen LogP contribution in [0.15, 0.2) is 41.8 Å². The summed E-state index contributed by atoms with van der Waals surface area (Å²) >= 11 is 2.03. The summed E-state index contributed by atoms with van der Waals surface area (Å²) in [6.45, 7) is 1.49. The molecule has 1 aromatic carbocycles. The molecule has 2 amide bonds. The Balaban J connectivity index is 1.92. The summed E-state index contributed by atoms with van der Waals surface area (Å²) in [5.41, 5.74) is -0.724. The molecule has 6 nitrogen and oxygen atoms in total. The number of alkyl halides is 3. The minimum absolute atomic E-state index is 0.00611. The molecular weight excluding hydrogens is 453 g/mol. The van der Waals surface area contributed by atoms with Gasteiger partial charge in [-0.3, -0.25) is 9.59 Å². The number of carbonyl (C=O) groups is 3. The standard InChI is InChI=1S/C20H15F3N2O4S2/c1-10-14(19(28)29-2)18(25-16(26)13-7-4-8-30-13)31-15(10)17(27)24-12-6-3-5-11(9-12)20(21,22)23/h3-9H,1-2H3,(H,24,27)(H,25,26). The van der Waals surface area contributed by atoms with Crippen LogP contribution in [0, 0.1) is 6.92 Å². The highest BCUT2D eigenvalue weighted by atomic mass is 32.1. The van der Waals surface area contributed by atoms with Gasteiger partial charge < -0.3 is 15.4 Å². The maximum Gasteiger partial charge on any atom is 0.416 e. The summed E-state index contributed by atoms with van der Waals surface area (Å²) in [5, 5.41) is 6.82. The van der Waals surface area contributed by atoms with Crippen molar-refractivity contribution >= 4 is 51.1 Å². The third-order valence-corrected chi connectivity index (χ3v) is 6.24. The van der Waals surface area contributed by atoms with Gasteiger partial charge in [0.15, 0.2) is 0 Å². The molecule has 2 N–H and O–H groups in total. The zero-order chi connectivity index (χ0) is 22.8. The monoisotopic (exact) mass is 468 g/mol. The molecule has 0 saturated heterocycles. The predicted octanol–water partition coefficient (Wildman–Crippen LogP) is 5.43. The normalized spacial score (nSPS) is 11.1. The second-order valence-corrected chi connectivity index (χ2v) is 8.18. The summed E-state index contributed by atoms with van der Waals surface area (Å²) < 4.78 is 43.5. The first-order chi connectivity index (χ1) is 14.6. The fourth-order valence-electron chi connectivity index (χ4n) is 2.70. The molecule has 0 unspecified atom stereocenters. The van der Waals surface area contributed by atoms with E-state index in [4.69, 9.17) is 4.74 Å². The fourth-order valence-corrected chi connectivity index (χ4v) is 4.40. The number of hydrogen-bond donors (Lipinski definition) is 2. The molecular formula is C20H15F3N2O4S2. The van der Waals surface area contributed by atoms with Gasteiger partial charge in [-0.05, 0) is 42.1 Å². The Morgan fingerprint density at radius 2 is 1.77 bits per heavy atom. The van der Waals surface area contributed by atoms with Crippen LogP contribution in [0.25, 0.3) is 0 Å². The van der Waals surface area contributed by atoms with Crippen LogP contribution in [-0.2, 0) is 10.9 Å². The summed E-state index contributed by atoms with van der Waals surface area (Å²) in [4.78, 5) is 37.8. The fraction of sp³-hybridized carbons (Fsp3) is 0.150. The Hall–Kier alpha value is -3.18. The molecule has 2 heterocycles. The van der Waals surface area contributed by atoms with E-state index in [1.54, 1.807) is 17.5 Å². The average Bonchev–Trinajstić information content (AvgIpc) is 3.35. The molecule has 31 heavy (non-hydrogen) atoms. The van der Waals surface area contributed by atoms with Crippen LogP contribution >= 0.6 is 22.7 Å². The number of halogens is 3. The Morgan fingerprint density at radius 1 is 1.03 bits per heavy atom. The van der Waals surface area contributed by atoms with Crippen molar-refractivity contribution in [1.29, 1.82) is 0 Å². The van der Waals surface area contributed by atoms with Gasteiger partial charge in [-0.1, -0.05) is 12.1 Å². The van der Waals surface area contributed by atoms with Gasteiger partial charge in [-0.2, -0.15) is 13.2 Å². The number of nitrogens with one attached hydrogen (secondary N) is 2. The van der Waals surface area contributed by atoms with Gasteiger partial charge >= 0.3 is 12.1 Å². The molecule has 2 aromatic heterocycles. The van der Waals surface area contributed by atoms with Crippen molar-refractivity contribution in [2.45, 2.75) is 13.1 Å². The molecule has 0 saturated carbocycles. The van der Waals surface area contributed by atoms with Crippen molar-refractivity contribution in [3.8, 4) is 0 Å². The van der Waals surface area contributed by atoms with E-state index >= 15 is 0 Å². The Bertz CT molecular complexity index is 1140. The molecule has 3 rings (SSSR count). The first kappa shape index (κ1) is 22.5. The highest BCUT2D eigenvalue weighted by Gasteiger charge is 2.31. The topological polar surface area (TPSA) is 84.5 Å². The van der Waals surface area contributed by atoms with Crippen molar-refractivity contribution in [1.82, 2.24) is 0 Å². The maximum atomic E-state index is 12.9. The van der Waals surface area contributed by atoms with E-state index in [0.717, 1.165) is 30.6 Å². The molecule has 0 radical (unpaired) electrons. The highest BCUT2D eigenvalue weighted by molar-refractivity contribution is 7.19. The van der Waals surface area contributed by atoms with E-state index in [1.807, 2.05) is 0 Å². The van der Waals surface area contributed by atoms with Crippen LogP contribution in [-0.4, -0.2) is 24.9 Å². The average molecular weight is 468 g/mol. The van der Waals surface area contributed by atoms with E-state index in [2.05, 4.69) is 10.6 Å². The number of esters is 1. The summed E-state index contributed by atoms with van der Waals surface area (Å²) in [7, 11) is 1.16. The number of ether oxygens (including phenoxy) is 1. The molecule has 0 aliphatic rings. The number of amides is 2. The molecule has 3 aromatic rings. The molecule has 0 aliphatic heterocycles. The second-order valence-electron chi connectivity index (χ2n) is 6.22. The van der Waals surface area contributed by atoms with E-state index in [0.29, 0.717) is 4.88 Å². The van der Waals surface area contributed by atoms with Crippen molar-refractivity contribution in [2.75, 3.05) is 17.7 Å². The summed E-state index contributed by atoms with van der Waals surface area (Å²) in [6, 6.07) is 7.47. The van der Waals surface area contributed by atoms with Gasteiger partial charge in [-0.15, -0.1) is 22.7 Å². The quantitative estimate of drug-likeness (QED) is 0.489. The second kappa shape index (κ2) is 8.90. The third kappa shape index (κ3) is 4.94. The molecule has 0 bridgehead atoms. The number of rotatable bonds is 5. The highest BCUT2D eigenvalue weighted by Crippen LogP contribution is 2.35. The van der Waals surface area contributed by atoms with Gasteiger partial charge in [0.2, 0.25) is 0 Å². The molecule has 0 atom stereocenters. The molecule has 0 aliphatic carbocycles. The molecule has 162 valence electrons. The molecule has 0 fully saturated rings. The van der Waals surface area contributed by atoms with E-state index in [9.17, 15) is 27.6 Å². The lowest BCUT2D eigenvalue weighted by molar-refractivity contribution is -0.137. The SMILES string of the molecule is COC(=O)c1c(NC(=O)c2cccs2)sc(C(=O)Nc2cccc(C(F)(F)F)c2)c1C. The van der Waals surface area contributed by atoms with Crippen molar-refractivity contribution < 1.29 is 32.3 Å². The van der Waals surface area contributed by atoms with Gasteiger partial charge in [0.05, 0.1) is 28.0 Å². The largest absolute Gasteiger partial charge is 0.465 e. The smallest absolute Gasteiger partial charge is 0.416 e. The lowest BCUT2D eigenvalue weighted by atomic mass is 10.1. The van der Waals surface area contributed by atoms with Crippen LogP contribution in [0.3, 0.4) is 0 Å². The van der Waals surface area contributed by atoms with Crippen LogP contribution in [0.2, 0.25) is 0 Å². The van der Waals surface area contributed by atoms with Gasteiger partial charge in [0.1, 0.15) is 5.00 Å². The number of carbonyl (C=O) groups excluding carboxylic acids is 3. The van der Waals surface area contributed by atoms with Crippen molar-refractivity contribution in [3.05, 3.63) is 68.2 Å². The first-order valence-corrected chi connectivity index (χ1v) is 10.4. The van der Waals surface area contributed by atoms with Crippen molar-refractivity contribution in [2.24, 2.45) is 0 Å². The Labute approximate surface area is 182 Å². The van der Waals surface area contributed by atoms with Crippen LogP contribution < -0.4 is 10.6 Å². The lowest BCUT2D eigenvalue weighted by Crippen LogP contribution is -2.14. The van der Waals surface area contributed by atoms with E-state index in [-0.39, 0.29) is 26.7 Å². The minimum Gasteiger partial charge on any atom is -0.465 e. The molecule has 0 spiro atoms. The number of methoxy groups -OCH3 is 1. The summed E-state index contributed by atoms with van der Waals surface area (Å²) in [6.07, 6.45) is -4.56. The number of hydrogen-bond acceptors (Lipinski definition) is 6. The van der Waals surface area contributed by atoms with Gasteiger partial charge in [-0.25, -0.2) is 4.79 Å². The zero-order valence-electron chi connectivity index (χ0n) is 16.1. The van der Waals surface area contributed by atoms with Crippen molar-refractivity contribution in [3.63, 3.8) is 0 Å². The Kier molecular flexibility index (Phi) is 6.46.